The molecule has 1 aromatic carbocycles. The Morgan fingerprint density at radius 3 is 2.86 bits per heavy atom. The lowest BCUT2D eigenvalue weighted by molar-refractivity contribution is -0.116. The fraction of sp³-hybridized carbons (Fsp3) is 0.429. The van der Waals surface area contributed by atoms with Gasteiger partial charge in [0.05, 0.1) is 11.4 Å². The van der Waals surface area contributed by atoms with Crippen molar-refractivity contribution < 1.29 is 4.79 Å². The Morgan fingerprint density at radius 1 is 1.33 bits per heavy atom. The third-order valence-corrected chi connectivity index (χ3v) is 2.91. The smallest absolute Gasteiger partial charge is 0.224 e. The van der Waals surface area contributed by atoms with Crippen LogP contribution in [0.4, 0.5) is 5.69 Å². The molecule has 0 unspecified atom stereocenters. The van der Waals surface area contributed by atoms with E-state index < -0.39 is 0 Å². The molecule has 0 aliphatic heterocycles. The summed E-state index contributed by atoms with van der Waals surface area (Å²) in [5.74, 6) is -0.0129. The summed E-state index contributed by atoms with van der Waals surface area (Å²) in [6, 6.07) is 7.87. The van der Waals surface area contributed by atoms with Crippen molar-refractivity contribution in [2.24, 2.45) is 0 Å². The van der Waals surface area contributed by atoms with E-state index in [2.05, 4.69) is 40.0 Å². The van der Waals surface area contributed by atoms with E-state index in [0.717, 1.165) is 18.7 Å². The fourth-order valence-corrected chi connectivity index (χ4v) is 1.90. The van der Waals surface area contributed by atoms with Crippen LogP contribution in [0.3, 0.4) is 0 Å². The van der Waals surface area contributed by atoms with Gasteiger partial charge in [-0.2, -0.15) is 4.68 Å². The van der Waals surface area contributed by atoms with Gasteiger partial charge in [-0.25, -0.2) is 0 Å². The first-order valence-electron chi connectivity index (χ1n) is 7.02. The highest BCUT2D eigenvalue weighted by atomic mass is 16.1. The molecule has 0 bridgehead atoms. The predicted octanol–water partition coefficient (Wildman–Crippen LogP) is 1.38. The van der Waals surface area contributed by atoms with E-state index in [4.69, 9.17) is 0 Å². The fourth-order valence-electron chi connectivity index (χ4n) is 1.90. The maximum absolute atomic E-state index is 12.0. The third kappa shape index (κ3) is 4.64. The van der Waals surface area contributed by atoms with Crippen molar-refractivity contribution in [3.8, 4) is 5.69 Å². The average Bonchev–Trinajstić information content (AvgIpc) is 2.98. The van der Waals surface area contributed by atoms with Gasteiger partial charge in [0.15, 0.2) is 0 Å². The zero-order chi connectivity index (χ0) is 15.1. The van der Waals surface area contributed by atoms with E-state index in [1.807, 2.05) is 24.3 Å². The van der Waals surface area contributed by atoms with Gasteiger partial charge in [0.2, 0.25) is 5.91 Å². The van der Waals surface area contributed by atoms with Crippen LogP contribution < -0.4 is 10.6 Å². The molecule has 7 nitrogen and oxygen atoms in total. The van der Waals surface area contributed by atoms with Crippen LogP contribution in [0.1, 0.15) is 26.7 Å². The minimum Gasteiger partial charge on any atom is -0.324 e. The molecular formula is C14H20N6O. The number of carbonyl (C=O) groups excluding carboxylic acids is 1. The van der Waals surface area contributed by atoms with E-state index in [1.54, 1.807) is 0 Å². The second kappa shape index (κ2) is 7.49. The molecule has 0 aliphatic carbocycles. The predicted molar refractivity (Wildman–Crippen MR) is 80.2 cm³/mol. The van der Waals surface area contributed by atoms with Gasteiger partial charge in [0.1, 0.15) is 6.33 Å². The Balaban J connectivity index is 1.92. The van der Waals surface area contributed by atoms with E-state index in [0.29, 0.717) is 18.2 Å². The number of amides is 1. The van der Waals surface area contributed by atoms with E-state index in [1.165, 1.54) is 11.0 Å². The molecule has 0 saturated heterocycles. The number of rotatable bonds is 7. The molecular weight excluding hydrogens is 268 g/mol. The third-order valence-electron chi connectivity index (χ3n) is 2.91. The van der Waals surface area contributed by atoms with Crippen LogP contribution in [0.25, 0.3) is 5.69 Å². The molecule has 0 fully saturated rings. The van der Waals surface area contributed by atoms with Gasteiger partial charge in [0.25, 0.3) is 0 Å². The molecule has 7 heteroatoms. The van der Waals surface area contributed by atoms with Crippen molar-refractivity contribution in [3.05, 3.63) is 30.6 Å². The van der Waals surface area contributed by atoms with Crippen molar-refractivity contribution in [1.29, 1.82) is 0 Å². The van der Waals surface area contributed by atoms with Gasteiger partial charge < -0.3 is 10.6 Å². The number of hydrogen-bond acceptors (Lipinski definition) is 5. The molecule has 112 valence electrons. The highest BCUT2D eigenvalue weighted by Gasteiger charge is 2.08. The van der Waals surface area contributed by atoms with Crippen LogP contribution >= 0.6 is 0 Å². The van der Waals surface area contributed by atoms with Gasteiger partial charge in [0, 0.05) is 12.5 Å². The summed E-state index contributed by atoms with van der Waals surface area (Å²) in [5, 5.41) is 17.2. The lowest BCUT2D eigenvalue weighted by Crippen LogP contribution is -2.24. The quantitative estimate of drug-likeness (QED) is 0.752. The standard InChI is InChI=1S/C14H20N6O/c1-11(2)15-9-5-8-14(21)17-12-6-3-4-7-13(12)20-10-16-18-19-20/h3-4,6-7,10-11,15H,5,8-9H2,1-2H3,(H,17,21). The molecule has 1 heterocycles. The molecule has 1 amide bonds. The average molecular weight is 288 g/mol. The molecule has 0 aliphatic rings. The van der Waals surface area contributed by atoms with Crippen LogP contribution in [0, 0.1) is 0 Å². The Hall–Kier alpha value is -2.28. The normalized spacial score (nSPS) is 10.8. The number of benzene rings is 1. The van der Waals surface area contributed by atoms with Crippen molar-refractivity contribution in [2.75, 3.05) is 11.9 Å². The molecule has 1 aromatic heterocycles. The van der Waals surface area contributed by atoms with Crippen molar-refractivity contribution in [1.82, 2.24) is 25.5 Å². The Bertz CT molecular complexity index is 567. The van der Waals surface area contributed by atoms with Crippen LogP contribution in [0.2, 0.25) is 0 Å². The maximum atomic E-state index is 12.0. The first kappa shape index (κ1) is 15.1. The molecule has 2 aromatic rings. The summed E-state index contributed by atoms with van der Waals surface area (Å²) < 4.78 is 1.52. The van der Waals surface area contributed by atoms with Gasteiger partial charge in [-0.15, -0.1) is 5.10 Å². The minimum atomic E-state index is -0.0129. The van der Waals surface area contributed by atoms with E-state index in [9.17, 15) is 4.79 Å². The number of tetrazole rings is 1. The number of anilines is 1. The van der Waals surface area contributed by atoms with E-state index in [-0.39, 0.29) is 5.91 Å². The number of nitrogens with zero attached hydrogens (tertiary/aromatic N) is 4. The largest absolute Gasteiger partial charge is 0.324 e. The number of para-hydroxylation sites is 2. The highest BCUT2D eigenvalue weighted by Crippen LogP contribution is 2.18. The van der Waals surface area contributed by atoms with Crippen LogP contribution in [0.15, 0.2) is 30.6 Å². The summed E-state index contributed by atoms with van der Waals surface area (Å²) >= 11 is 0. The first-order valence-corrected chi connectivity index (χ1v) is 7.02. The van der Waals surface area contributed by atoms with Crippen molar-refractivity contribution >= 4 is 11.6 Å². The second-order valence-corrected chi connectivity index (χ2v) is 5.03. The zero-order valence-electron chi connectivity index (χ0n) is 12.3. The topological polar surface area (TPSA) is 84.7 Å². The lowest BCUT2D eigenvalue weighted by Gasteiger charge is -2.11. The monoisotopic (exact) mass is 288 g/mol. The van der Waals surface area contributed by atoms with Crippen LogP contribution in [-0.4, -0.2) is 38.7 Å². The molecule has 0 saturated carbocycles. The minimum absolute atomic E-state index is 0.0129. The number of hydrogen-bond donors (Lipinski definition) is 2. The lowest BCUT2D eigenvalue weighted by atomic mass is 10.2. The van der Waals surface area contributed by atoms with E-state index >= 15 is 0 Å². The number of carbonyl (C=O) groups is 1. The summed E-state index contributed by atoms with van der Waals surface area (Å²) in [6.45, 7) is 5.00. The molecule has 0 atom stereocenters. The summed E-state index contributed by atoms with van der Waals surface area (Å²) in [4.78, 5) is 12.0. The molecule has 0 spiro atoms. The van der Waals surface area contributed by atoms with Crippen LogP contribution in [0.5, 0.6) is 0 Å². The van der Waals surface area contributed by atoms with Gasteiger partial charge >= 0.3 is 0 Å². The van der Waals surface area contributed by atoms with Crippen molar-refractivity contribution in [2.45, 2.75) is 32.7 Å². The summed E-state index contributed by atoms with van der Waals surface area (Å²) in [7, 11) is 0. The second-order valence-electron chi connectivity index (χ2n) is 5.03. The molecule has 2 rings (SSSR count). The molecule has 21 heavy (non-hydrogen) atoms. The van der Waals surface area contributed by atoms with Gasteiger partial charge in [-0.3, -0.25) is 4.79 Å². The molecule has 2 N–H and O–H groups in total. The summed E-state index contributed by atoms with van der Waals surface area (Å²) in [6.07, 6.45) is 2.78. The van der Waals surface area contributed by atoms with Gasteiger partial charge in [-0.05, 0) is 35.5 Å². The van der Waals surface area contributed by atoms with Crippen molar-refractivity contribution in [3.63, 3.8) is 0 Å². The first-order chi connectivity index (χ1) is 10.2. The number of aromatic nitrogens is 4. The SMILES string of the molecule is CC(C)NCCCC(=O)Nc1ccccc1-n1cnnn1. The molecule has 0 radical (unpaired) electrons. The highest BCUT2D eigenvalue weighted by molar-refractivity contribution is 5.92. The van der Waals surface area contributed by atoms with Crippen LogP contribution in [-0.2, 0) is 4.79 Å². The Kier molecular flexibility index (Phi) is 5.39. The van der Waals surface area contributed by atoms with Gasteiger partial charge in [-0.1, -0.05) is 26.0 Å². The summed E-state index contributed by atoms with van der Waals surface area (Å²) in [5.41, 5.74) is 1.45. The Labute approximate surface area is 123 Å². The maximum Gasteiger partial charge on any atom is 0.224 e. The Morgan fingerprint density at radius 2 is 2.14 bits per heavy atom. The number of nitrogens with one attached hydrogen (secondary N) is 2. The zero-order valence-corrected chi connectivity index (χ0v) is 12.3.